The molecule has 1 atom stereocenters. The molecule has 7 nitrogen and oxygen atoms in total. The number of aliphatic carboxylic acids is 1. The van der Waals surface area contributed by atoms with Crippen molar-refractivity contribution in [3.63, 3.8) is 0 Å². The number of carboxylic acids is 1. The van der Waals surface area contributed by atoms with Crippen molar-refractivity contribution in [3.05, 3.63) is 0 Å². The Morgan fingerprint density at radius 3 is 2.25 bits per heavy atom. The Balaban J connectivity index is 3.94. The van der Waals surface area contributed by atoms with Crippen molar-refractivity contribution in [2.75, 3.05) is 13.2 Å². The summed E-state index contributed by atoms with van der Waals surface area (Å²) in [5.74, 6) is -1.68. The Morgan fingerprint density at radius 1 is 1.20 bits per heavy atom. The van der Waals surface area contributed by atoms with Crippen LogP contribution in [0.4, 0.5) is 0 Å². The van der Waals surface area contributed by atoms with E-state index in [4.69, 9.17) is 10.2 Å². The first-order valence-electron chi connectivity index (χ1n) is 6.59. The smallest absolute Gasteiger partial charge is 0.326 e. The van der Waals surface area contributed by atoms with Gasteiger partial charge in [-0.3, -0.25) is 9.59 Å². The second kappa shape index (κ2) is 8.52. The number of carbonyl (C=O) groups is 3. The molecule has 0 saturated heterocycles. The van der Waals surface area contributed by atoms with Crippen LogP contribution >= 0.6 is 0 Å². The van der Waals surface area contributed by atoms with Crippen molar-refractivity contribution in [2.24, 2.45) is 5.41 Å². The number of aliphatic hydroxyl groups is 1. The molecule has 0 aliphatic carbocycles. The fraction of sp³-hybridized carbons (Fsp3) is 0.769. The Bertz CT molecular complexity index is 349. The van der Waals surface area contributed by atoms with E-state index < -0.39 is 23.3 Å². The summed E-state index contributed by atoms with van der Waals surface area (Å²) >= 11 is 0. The topological polar surface area (TPSA) is 116 Å². The van der Waals surface area contributed by atoms with Crippen LogP contribution in [0.15, 0.2) is 0 Å². The van der Waals surface area contributed by atoms with Gasteiger partial charge < -0.3 is 20.8 Å². The average Bonchev–Trinajstić information content (AvgIpc) is 2.32. The molecule has 0 radical (unpaired) electrons. The molecule has 20 heavy (non-hydrogen) atoms. The third-order valence-corrected chi connectivity index (χ3v) is 2.60. The van der Waals surface area contributed by atoms with E-state index in [1.807, 2.05) is 0 Å². The van der Waals surface area contributed by atoms with Gasteiger partial charge in [0.25, 0.3) is 0 Å². The number of nitrogens with one attached hydrogen (secondary N) is 2. The van der Waals surface area contributed by atoms with Gasteiger partial charge in [0.2, 0.25) is 11.8 Å². The number of amides is 2. The van der Waals surface area contributed by atoms with Crippen molar-refractivity contribution in [1.82, 2.24) is 10.6 Å². The highest BCUT2D eigenvalue weighted by Gasteiger charge is 2.21. The van der Waals surface area contributed by atoms with Crippen molar-refractivity contribution in [1.29, 1.82) is 0 Å². The van der Waals surface area contributed by atoms with E-state index in [0.717, 1.165) is 0 Å². The summed E-state index contributed by atoms with van der Waals surface area (Å²) in [7, 11) is 0. The number of hydrogen-bond donors (Lipinski definition) is 4. The van der Waals surface area contributed by atoms with E-state index in [9.17, 15) is 14.4 Å². The number of carboxylic acid groups (broad SMARTS) is 1. The molecule has 0 aromatic heterocycles. The quantitative estimate of drug-likeness (QED) is 0.465. The highest BCUT2D eigenvalue weighted by atomic mass is 16.4. The van der Waals surface area contributed by atoms with Crippen LogP contribution < -0.4 is 10.6 Å². The van der Waals surface area contributed by atoms with Crippen LogP contribution in [0.25, 0.3) is 0 Å². The third-order valence-electron chi connectivity index (χ3n) is 2.60. The van der Waals surface area contributed by atoms with Gasteiger partial charge in [-0.25, -0.2) is 4.79 Å². The first kappa shape index (κ1) is 18.4. The van der Waals surface area contributed by atoms with Gasteiger partial charge in [0.1, 0.15) is 6.04 Å². The summed E-state index contributed by atoms with van der Waals surface area (Å²) in [5, 5.41) is 22.5. The lowest BCUT2D eigenvalue weighted by Gasteiger charge is -2.17. The number of hydrogen-bond acceptors (Lipinski definition) is 4. The van der Waals surface area contributed by atoms with E-state index in [2.05, 4.69) is 10.6 Å². The van der Waals surface area contributed by atoms with Gasteiger partial charge in [-0.1, -0.05) is 20.8 Å². The standard InChI is InChI=1S/C13H24N2O5/c1-13(2,3)12(20)14-7-4-5-10(17)15-9(6-8-16)11(18)19/h9,16H,4-8H2,1-3H3,(H,14,20)(H,15,17)(H,18,19)/t9-/m1/s1. The molecular formula is C13H24N2O5. The molecule has 0 saturated carbocycles. The lowest BCUT2D eigenvalue weighted by atomic mass is 9.96. The summed E-state index contributed by atoms with van der Waals surface area (Å²) in [4.78, 5) is 33.8. The zero-order valence-electron chi connectivity index (χ0n) is 12.2. The van der Waals surface area contributed by atoms with Crippen LogP contribution in [-0.2, 0) is 14.4 Å². The summed E-state index contributed by atoms with van der Waals surface area (Å²) < 4.78 is 0. The summed E-state index contributed by atoms with van der Waals surface area (Å²) in [6, 6.07) is -1.07. The fourth-order valence-corrected chi connectivity index (χ4v) is 1.37. The molecule has 0 unspecified atom stereocenters. The molecule has 0 heterocycles. The van der Waals surface area contributed by atoms with Crippen LogP contribution in [-0.4, -0.2) is 47.2 Å². The molecule has 0 spiro atoms. The maximum atomic E-state index is 11.5. The Kier molecular flexibility index (Phi) is 7.83. The number of carbonyl (C=O) groups excluding carboxylic acids is 2. The van der Waals surface area contributed by atoms with Crippen molar-refractivity contribution in [2.45, 2.75) is 46.1 Å². The molecule has 0 aliphatic heterocycles. The molecule has 4 N–H and O–H groups in total. The first-order valence-corrected chi connectivity index (χ1v) is 6.59. The van der Waals surface area contributed by atoms with Crippen molar-refractivity contribution in [3.8, 4) is 0 Å². The normalized spacial score (nSPS) is 12.6. The van der Waals surface area contributed by atoms with Crippen molar-refractivity contribution < 1.29 is 24.6 Å². The maximum absolute atomic E-state index is 11.5. The van der Waals surface area contributed by atoms with Gasteiger partial charge in [0.05, 0.1) is 0 Å². The van der Waals surface area contributed by atoms with Gasteiger partial charge in [0, 0.05) is 31.4 Å². The highest BCUT2D eigenvalue weighted by molar-refractivity contribution is 5.83. The first-order chi connectivity index (χ1) is 9.18. The van der Waals surface area contributed by atoms with E-state index in [-0.39, 0.29) is 25.4 Å². The lowest BCUT2D eigenvalue weighted by molar-refractivity contribution is -0.142. The maximum Gasteiger partial charge on any atom is 0.326 e. The molecule has 116 valence electrons. The van der Waals surface area contributed by atoms with Crippen LogP contribution in [0.3, 0.4) is 0 Å². The molecule has 0 aromatic rings. The zero-order valence-corrected chi connectivity index (χ0v) is 12.2. The molecule has 0 rings (SSSR count). The number of aliphatic hydroxyl groups excluding tert-OH is 1. The predicted molar refractivity (Wildman–Crippen MR) is 73.0 cm³/mol. The van der Waals surface area contributed by atoms with E-state index in [0.29, 0.717) is 13.0 Å². The minimum absolute atomic E-state index is 0.0260. The van der Waals surface area contributed by atoms with E-state index in [1.54, 1.807) is 20.8 Å². The molecule has 0 fully saturated rings. The Hall–Kier alpha value is -1.63. The van der Waals surface area contributed by atoms with Gasteiger partial charge in [-0.2, -0.15) is 0 Å². The van der Waals surface area contributed by atoms with Gasteiger partial charge >= 0.3 is 5.97 Å². The van der Waals surface area contributed by atoms with Gasteiger partial charge in [-0.15, -0.1) is 0 Å². The minimum atomic E-state index is -1.17. The second-order valence-electron chi connectivity index (χ2n) is 5.58. The van der Waals surface area contributed by atoms with Crippen LogP contribution in [0.2, 0.25) is 0 Å². The third kappa shape index (κ3) is 7.73. The van der Waals surface area contributed by atoms with E-state index in [1.165, 1.54) is 0 Å². The largest absolute Gasteiger partial charge is 0.480 e. The SMILES string of the molecule is CC(C)(C)C(=O)NCCCC(=O)N[C@H](CCO)C(=O)O. The molecular weight excluding hydrogens is 264 g/mol. The Labute approximate surface area is 118 Å². The molecule has 2 amide bonds. The van der Waals surface area contributed by atoms with Crippen molar-refractivity contribution >= 4 is 17.8 Å². The van der Waals surface area contributed by atoms with Gasteiger partial charge in [0.15, 0.2) is 0 Å². The summed E-state index contributed by atoms with van der Waals surface area (Å²) in [6.07, 6.45) is 0.528. The fourth-order valence-electron chi connectivity index (χ4n) is 1.37. The molecule has 7 heteroatoms. The van der Waals surface area contributed by atoms with Gasteiger partial charge in [-0.05, 0) is 6.42 Å². The monoisotopic (exact) mass is 288 g/mol. The highest BCUT2D eigenvalue weighted by Crippen LogP contribution is 2.12. The number of rotatable bonds is 8. The zero-order chi connectivity index (χ0) is 15.8. The average molecular weight is 288 g/mol. The van der Waals surface area contributed by atoms with E-state index >= 15 is 0 Å². The predicted octanol–water partition coefficient (Wildman–Crippen LogP) is -0.119. The van der Waals surface area contributed by atoms with Crippen LogP contribution in [0, 0.1) is 5.41 Å². The minimum Gasteiger partial charge on any atom is -0.480 e. The molecule has 0 aliphatic rings. The molecule has 0 aromatic carbocycles. The van der Waals surface area contributed by atoms with Crippen LogP contribution in [0.1, 0.15) is 40.0 Å². The Morgan fingerprint density at radius 2 is 1.80 bits per heavy atom. The summed E-state index contributed by atoms with van der Waals surface area (Å²) in [5.41, 5.74) is -0.474. The molecule has 0 bridgehead atoms. The van der Waals surface area contributed by atoms with Crippen LogP contribution in [0.5, 0.6) is 0 Å². The second-order valence-corrected chi connectivity index (χ2v) is 5.58. The summed E-state index contributed by atoms with van der Waals surface area (Å²) in [6.45, 7) is 5.43. The lowest BCUT2D eigenvalue weighted by Crippen LogP contribution is -2.41.